The number of rotatable bonds is 0. The average molecular weight is 228 g/mol. The minimum absolute atomic E-state index is 0.690. The fraction of sp³-hybridized carbons (Fsp3) is 0.125. The van der Waals surface area contributed by atoms with E-state index in [-0.39, 0.29) is 0 Å². The van der Waals surface area contributed by atoms with Crippen molar-refractivity contribution in [3.05, 3.63) is 27.7 Å². The van der Waals surface area contributed by atoms with Crippen molar-refractivity contribution in [1.82, 2.24) is 0 Å². The number of benzene rings is 1. The summed E-state index contributed by atoms with van der Waals surface area (Å²) in [4.78, 5) is 0.863. The van der Waals surface area contributed by atoms with Gasteiger partial charge in [-0.1, -0.05) is 0 Å². The zero-order chi connectivity index (χ0) is 8.43. The van der Waals surface area contributed by atoms with Crippen molar-refractivity contribution in [3.8, 4) is 6.07 Å². The minimum Gasteiger partial charge on any atom is -0.192 e. The highest BCUT2D eigenvalue weighted by Gasteiger charge is 2.00. The van der Waals surface area contributed by atoms with Gasteiger partial charge in [0.2, 0.25) is 0 Å². The van der Waals surface area contributed by atoms with E-state index in [0.717, 1.165) is 14.9 Å². The van der Waals surface area contributed by atoms with Gasteiger partial charge in [-0.2, -0.15) is 5.26 Å². The Morgan fingerprint density at radius 2 is 2.18 bits per heavy atom. The summed E-state index contributed by atoms with van der Waals surface area (Å²) in [5.41, 5.74) is 1.65. The van der Waals surface area contributed by atoms with Gasteiger partial charge in [0.1, 0.15) is 0 Å². The summed E-state index contributed by atoms with van der Waals surface area (Å²) in [6.45, 7) is 1.89. The lowest BCUT2D eigenvalue weighted by atomic mass is 10.1. The van der Waals surface area contributed by atoms with E-state index in [0.29, 0.717) is 5.56 Å². The van der Waals surface area contributed by atoms with E-state index in [1.54, 1.807) is 6.07 Å². The molecule has 0 bridgehead atoms. The Balaban J connectivity index is 3.35. The molecule has 0 N–H and O–H groups in total. The third-order valence-electron chi connectivity index (χ3n) is 1.41. The largest absolute Gasteiger partial charge is 0.192 e. The van der Waals surface area contributed by atoms with Gasteiger partial charge in [0.05, 0.1) is 11.6 Å². The average Bonchev–Trinajstić information content (AvgIpc) is 1.97. The summed E-state index contributed by atoms with van der Waals surface area (Å²) in [6, 6.07) is 5.74. The molecule has 11 heavy (non-hydrogen) atoms. The Labute approximate surface area is 79.6 Å². The van der Waals surface area contributed by atoms with Crippen molar-refractivity contribution in [3.63, 3.8) is 0 Å². The van der Waals surface area contributed by atoms with Gasteiger partial charge in [0, 0.05) is 9.37 Å². The van der Waals surface area contributed by atoms with E-state index < -0.39 is 0 Å². The van der Waals surface area contributed by atoms with Crippen LogP contribution in [0.3, 0.4) is 0 Å². The summed E-state index contributed by atoms with van der Waals surface area (Å²) >= 11 is 7.49. The molecule has 0 aromatic heterocycles. The fourth-order valence-electron chi connectivity index (χ4n) is 0.787. The predicted octanol–water partition coefficient (Wildman–Crippen LogP) is 2.92. The lowest BCUT2D eigenvalue weighted by Crippen LogP contribution is -1.82. The van der Waals surface area contributed by atoms with Gasteiger partial charge in [-0.3, -0.25) is 0 Å². The second-order valence-electron chi connectivity index (χ2n) is 2.23. The van der Waals surface area contributed by atoms with Gasteiger partial charge in [-0.25, -0.2) is 0 Å². The van der Waals surface area contributed by atoms with Crippen LogP contribution in [-0.4, -0.2) is 0 Å². The third kappa shape index (κ3) is 1.76. The Kier molecular flexibility index (Phi) is 2.58. The molecular formula is C8H6BrNS. The number of aryl methyl sites for hydroxylation is 1. The summed E-state index contributed by atoms with van der Waals surface area (Å²) < 4.78 is 0.864. The molecule has 0 radical (unpaired) electrons. The predicted molar refractivity (Wildman–Crippen MR) is 50.8 cm³/mol. The zero-order valence-electron chi connectivity index (χ0n) is 5.93. The van der Waals surface area contributed by atoms with Crippen molar-refractivity contribution >= 4 is 28.6 Å². The molecule has 0 heterocycles. The smallest absolute Gasteiger partial charge is 0.0994 e. The molecule has 0 aliphatic heterocycles. The molecule has 0 saturated carbocycles. The third-order valence-corrected chi connectivity index (χ3v) is 2.75. The normalized spacial score (nSPS) is 9.27. The van der Waals surface area contributed by atoms with E-state index in [9.17, 15) is 0 Å². The van der Waals surface area contributed by atoms with Crippen LogP contribution in [0.25, 0.3) is 0 Å². The van der Waals surface area contributed by atoms with Crippen molar-refractivity contribution < 1.29 is 0 Å². The van der Waals surface area contributed by atoms with Gasteiger partial charge >= 0.3 is 0 Å². The van der Waals surface area contributed by atoms with E-state index in [1.165, 1.54) is 0 Å². The first-order chi connectivity index (χ1) is 5.15. The summed E-state index contributed by atoms with van der Waals surface area (Å²) in [7, 11) is 0. The monoisotopic (exact) mass is 227 g/mol. The van der Waals surface area contributed by atoms with Crippen LogP contribution in [-0.2, 0) is 0 Å². The Morgan fingerprint density at radius 3 is 2.73 bits per heavy atom. The number of halogens is 1. The first-order valence-corrected chi connectivity index (χ1v) is 4.28. The Hall–Kier alpha value is -0.460. The van der Waals surface area contributed by atoms with Crippen LogP contribution in [0, 0.1) is 18.3 Å². The molecule has 0 spiro atoms. The Morgan fingerprint density at radius 1 is 1.55 bits per heavy atom. The molecule has 1 nitrogen and oxygen atoms in total. The molecule has 0 saturated heterocycles. The van der Waals surface area contributed by atoms with Gasteiger partial charge in [0.25, 0.3) is 0 Å². The standard InChI is InChI=1S/C8H6BrNS/c1-5-2-8(11)7(9)3-6(5)4-10/h2-3,11H,1H3. The highest BCUT2D eigenvalue weighted by Crippen LogP contribution is 2.23. The van der Waals surface area contributed by atoms with Crippen LogP contribution in [0.2, 0.25) is 0 Å². The van der Waals surface area contributed by atoms with Crippen LogP contribution < -0.4 is 0 Å². The fourth-order valence-corrected chi connectivity index (χ4v) is 1.39. The summed E-state index contributed by atoms with van der Waals surface area (Å²) in [6.07, 6.45) is 0. The maximum absolute atomic E-state index is 8.64. The lowest BCUT2D eigenvalue weighted by Gasteiger charge is -2.00. The van der Waals surface area contributed by atoms with E-state index >= 15 is 0 Å². The number of hydrogen-bond donors (Lipinski definition) is 1. The van der Waals surface area contributed by atoms with Crippen LogP contribution in [0.5, 0.6) is 0 Å². The maximum Gasteiger partial charge on any atom is 0.0994 e. The second kappa shape index (κ2) is 3.29. The quantitative estimate of drug-likeness (QED) is 0.678. The van der Waals surface area contributed by atoms with Crippen LogP contribution in [0.1, 0.15) is 11.1 Å². The molecule has 0 fully saturated rings. The molecule has 0 unspecified atom stereocenters. The second-order valence-corrected chi connectivity index (χ2v) is 3.57. The molecular weight excluding hydrogens is 222 g/mol. The van der Waals surface area contributed by atoms with E-state index in [4.69, 9.17) is 5.26 Å². The molecule has 0 atom stereocenters. The maximum atomic E-state index is 8.64. The highest BCUT2D eigenvalue weighted by atomic mass is 79.9. The van der Waals surface area contributed by atoms with Crippen LogP contribution >= 0.6 is 28.6 Å². The number of nitriles is 1. The molecule has 0 aliphatic rings. The Bertz CT molecular complexity index is 328. The van der Waals surface area contributed by atoms with E-state index in [1.807, 2.05) is 13.0 Å². The molecule has 56 valence electrons. The van der Waals surface area contributed by atoms with Crippen LogP contribution in [0.4, 0.5) is 0 Å². The molecule has 3 heteroatoms. The zero-order valence-corrected chi connectivity index (χ0v) is 8.41. The molecule has 0 amide bonds. The van der Waals surface area contributed by atoms with Crippen molar-refractivity contribution in [2.45, 2.75) is 11.8 Å². The van der Waals surface area contributed by atoms with Crippen molar-refractivity contribution in [1.29, 1.82) is 5.26 Å². The molecule has 1 aromatic carbocycles. The number of nitrogens with zero attached hydrogens (tertiary/aromatic N) is 1. The first kappa shape index (κ1) is 8.63. The van der Waals surface area contributed by atoms with Gasteiger partial charge in [-0.05, 0) is 40.5 Å². The van der Waals surface area contributed by atoms with Gasteiger partial charge < -0.3 is 0 Å². The molecule has 1 rings (SSSR count). The first-order valence-electron chi connectivity index (χ1n) is 3.04. The SMILES string of the molecule is Cc1cc(S)c(Br)cc1C#N. The van der Waals surface area contributed by atoms with Gasteiger partial charge in [-0.15, -0.1) is 12.6 Å². The summed E-state index contributed by atoms with van der Waals surface area (Å²) in [5, 5.41) is 8.64. The van der Waals surface area contributed by atoms with E-state index in [2.05, 4.69) is 34.6 Å². The molecule has 0 aliphatic carbocycles. The minimum atomic E-state index is 0.690. The number of thiol groups is 1. The van der Waals surface area contributed by atoms with Gasteiger partial charge in [0.15, 0.2) is 0 Å². The number of hydrogen-bond acceptors (Lipinski definition) is 2. The van der Waals surface area contributed by atoms with Crippen LogP contribution in [0.15, 0.2) is 21.5 Å². The highest BCUT2D eigenvalue weighted by molar-refractivity contribution is 9.10. The summed E-state index contributed by atoms with van der Waals surface area (Å²) in [5.74, 6) is 0. The van der Waals surface area contributed by atoms with Crippen molar-refractivity contribution in [2.75, 3.05) is 0 Å². The topological polar surface area (TPSA) is 23.8 Å². The molecule has 1 aromatic rings. The van der Waals surface area contributed by atoms with Crippen molar-refractivity contribution in [2.24, 2.45) is 0 Å². The lowest BCUT2D eigenvalue weighted by molar-refractivity contribution is 1.30.